The molecule has 0 bridgehead atoms. The van der Waals surface area contributed by atoms with E-state index in [1.807, 2.05) is 47.8 Å². The van der Waals surface area contributed by atoms with Crippen LogP contribution < -0.4 is 4.74 Å². The molecule has 2 rings (SSSR count). The van der Waals surface area contributed by atoms with Crippen molar-refractivity contribution >= 4 is 23.5 Å². The molecule has 0 aliphatic carbocycles. The predicted octanol–water partition coefficient (Wildman–Crippen LogP) is 3.75. The van der Waals surface area contributed by atoms with Crippen molar-refractivity contribution in [2.75, 3.05) is 18.1 Å². The topological polar surface area (TPSA) is 29.5 Å². The fourth-order valence-corrected chi connectivity index (χ4v) is 5.00. The highest BCUT2D eigenvalue weighted by Crippen LogP contribution is 2.38. The number of thioether (sulfide) groups is 2. The molecule has 1 fully saturated rings. The number of ether oxygens (including phenoxy) is 1. The molecule has 1 aromatic rings. The molecule has 0 saturated carbocycles. The summed E-state index contributed by atoms with van der Waals surface area (Å²) in [5.41, 5.74) is 0.996. The SMILES string of the molecule is CCCOc1ccc(C(O)C2SCCSC2C)cc1. The molecule has 2 nitrogen and oxygen atoms in total. The van der Waals surface area contributed by atoms with E-state index >= 15 is 0 Å². The second-order valence-electron chi connectivity index (χ2n) is 4.77. The molecule has 0 amide bonds. The van der Waals surface area contributed by atoms with Crippen LogP contribution in [0.5, 0.6) is 5.75 Å². The highest BCUT2D eigenvalue weighted by molar-refractivity contribution is 8.07. The maximum Gasteiger partial charge on any atom is 0.119 e. The van der Waals surface area contributed by atoms with E-state index < -0.39 is 0 Å². The van der Waals surface area contributed by atoms with Gasteiger partial charge in [-0.05, 0) is 24.1 Å². The van der Waals surface area contributed by atoms with E-state index in [1.165, 1.54) is 5.75 Å². The first-order valence-corrected chi connectivity index (χ1v) is 8.96. The Hall–Kier alpha value is -0.320. The van der Waals surface area contributed by atoms with Gasteiger partial charge in [0, 0.05) is 22.0 Å². The van der Waals surface area contributed by atoms with Gasteiger partial charge in [0.1, 0.15) is 5.75 Å². The molecule has 4 heteroatoms. The number of rotatable bonds is 5. The first-order chi connectivity index (χ1) is 9.22. The summed E-state index contributed by atoms with van der Waals surface area (Å²) in [7, 11) is 0. The lowest BCUT2D eigenvalue weighted by molar-refractivity contribution is 0.174. The van der Waals surface area contributed by atoms with Crippen LogP contribution in [-0.2, 0) is 0 Å². The Morgan fingerprint density at radius 2 is 1.95 bits per heavy atom. The Labute approximate surface area is 124 Å². The largest absolute Gasteiger partial charge is 0.494 e. The molecule has 0 spiro atoms. The fourth-order valence-electron chi connectivity index (χ4n) is 2.17. The summed E-state index contributed by atoms with van der Waals surface area (Å²) in [5, 5.41) is 11.3. The van der Waals surface area contributed by atoms with Crippen molar-refractivity contribution in [2.24, 2.45) is 0 Å². The van der Waals surface area contributed by atoms with Crippen LogP contribution in [0.2, 0.25) is 0 Å². The van der Waals surface area contributed by atoms with Gasteiger partial charge < -0.3 is 9.84 Å². The second-order valence-corrected chi connectivity index (χ2v) is 7.54. The van der Waals surface area contributed by atoms with Crippen molar-refractivity contribution in [1.29, 1.82) is 0 Å². The van der Waals surface area contributed by atoms with Gasteiger partial charge in [0.05, 0.1) is 12.7 Å². The Kier molecular flexibility index (Phi) is 5.92. The van der Waals surface area contributed by atoms with Gasteiger partial charge in [-0.3, -0.25) is 0 Å². The lowest BCUT2D eigenvalue weighted by Crippen LogP contribution is -2.29. The minimum atomic E-state index is -0.381. The molecule has 1 aliphatic heterocycles. The molecule has 19 heavy (non-hydrogen) atoms. The van der Waals surface area contributed by atoms with Gasteiger partial charge in [-0.15, -0.1) is 0 Å². The normalized spacial score (nSPS) is 25.0. The standard InChI is InChI=1S/C15H22O2S2/c1-3-8-17-13-6-4-12(5-7-13)14(16)15-11(2)18-9-10-19-15/h4-7,11,14-16H,3,8-10H2,1-2H3. The van der Waals surface area contributed by atoms with E-state index in [0.717, 1.165) is 30.1 Å². The zero-order chi connectivity index (χ0) is 13.7. The monoisotopic (exact) mass is 298 g/mol. The smallest absolute Gasteiger partial charge is 0.119 e. The summed E-state index contributed by atoms with van der Waals surface area (Å²) in [4.78, 5) is 0. The number of aliphatic hydroxyl groups is 1. The van der Waals surface area contributed by atoms with E-state index in [1.54, 1.807) is 0 Å². The Balaban J connectivity index is 2.00. The number of aliphatic hydroxyl groups excluding tert-OH is 1. The quantitative estimate of drug-likeness (QED) is 0.896. The third-order valence-electron chi connectivity index (χ3n) is 3.24. The molecule has 3 unspecified atom stereocenters. The maximum atomic E-state index is 10.5. The molecule has 1 N–H and O–H groups in total. The third-order valence-corrected chi connectivity index (χ3v) is 6.42. The molecule has 1 heterocycles. The molecule has 106 valence electrons. The van der Waals surface area contributed by atoms with Crippen molar-refractivity contribution in [3.8, 4) is 5.75 Å². The van der Waals surface area contributed by atoms with Crippen LogP contribution in [0.25, 0.3) is 0 Å². The van der Waals surface area contributed by atoms with Gasteiger partial charge in [-0.1, -0.05) is 26.0 Å². The highest BCUT2D eigenvalue weighted by atomic mass is 32.2. The molecule has 3 atom stereocenters. The zero-order valence-electron chi connectivity index (χ0n) is 11.5. The van der Waals surface area contributed by atoms with Gasteiger partial charge in [-0.2, -0.15) is 23.5 Å². The molecular formula is C15H22O2S2. The van der Waals surface area contributed by atoms with Crippen LogP contribution in [0.1, 0.15) is 31.9 Å². The minimum absolute atomic E-state index is 0.293. The Morgan fingerprint density at radius 1 is 1.26 bits per heavy atom. The Bertz CT molecular complexity index is 380. The summed E-state index contributed by atoms with van der Waals surface area (Å²) in [6.07, 6.45) is 0.630. The average Bonchev–Trinajstić information content (AvgIpc) is 2.45. The average molecular weight is 298 g/mol. The summed E-state index contributed by atoms with van der Waals surface area (Å²) in [6, 6.07) is 7.89. The van der Waals surface area contributed by atoms with Crippen molar-refractivity contribution in [1.82, 2.24) is 0 Å². The number of benzene rings is 1. The zero-order valence-corrected chi connectivity index (χ0v) is 13.2. The van der Waals surface area contributed by atoms with Gasteiger partial charge in [0.15, 0.2) is 0 Å². The highest BCUT2D eigenvalue weighted by Gasteiger charge is 2.29. The van der Waals surface area contributed by atoms with Crippen molar-refractivity contribution in [2.45, 2.75) is 36.9 Å². The maximum absolute atomic E-state index is 10.5. The van der Waals surface area contributed by atoms with Gasteiger partial charge in [0.25, 0.3) is 0 Å². The van der Waals surface area contributed by atoms with Crippen LogP contribution in [0.15, 0.2) is 24.3 Å². The third kappa shape index (κ3) is 4.07. The van der Waals surface area contributed by atoms with Crippen LogP contribution in [0, 0.1) is 0 Å². The Morgan fingerprint density at radius 3 is 2.58 bits per heavy atom. The summed E-state index contributed by atoms with van der Waals surface area (Å²) in [6.45, 7) is 5.05. The van der Waals surface area contributed by atoms with E-state index in [0.29, 0.717) is 10.5 Å². The molecule has 1 aromatic carbocycles. The fraction of sp³-hybridized carbons (Fsp3) is 0.600. The van der Waals surface area contributed by atoms with E-state index in [4.69, 9.17) is 4.74 Å². The van der Waals surface area contributed by atoms with Crippen LogP contribution >= 0.6 is 23.5 Å². The van der Waals surface area contributed by atoms with Crippen molar-refractivity contribution in [3.05, 3.63) is 29.8 Å². The summed E-state index contributed by atoms with van der Waals surface area (Å²) >= 11 is 3.85. The first kappa shape index (κ1) is 15.1. The number of hydrogen-bond acceptors (Lipinski definition) is 4. The second kappa shape index (κ2) is 7.46. The van der Waals surface area contributed by atoms with E-state index in [9.17, 15) is 5.11 Å². The molecule has 1 saturated heterocycles. The van der Waals surface area contributed by atoms with Crippen LogP contribution in [0.3, 0.4) is 0 Å². The first-order valence-electron chi connectivity index (χ1n) is 6.86. The lowest BCUT2D eigenvalue weighted by Gasteiger charge is -2.31. The molecular weight excluding hydrogens is 276 g/mol. The van der Waals surface area contributed by atoms with Gasteiger partial charge in [0.2, 0.25) is 0 Å². The molecule has 0 radical (unpaired) electrons. The predicted molar refractivity (Wildman–Crippen MR) is 85.4 cm³/mol. The molecule has 1 aliphatic rings. The summed E-state index contributed by atoms with van der Waals surface area (Å²) in [5.74, 6) is 3.21. The van der Waals surface area contributed by atoms with Crippen molar-refractivity contribution < 1.29 is 9.84 Å². The van der Waals surface area contributed by atoms with Crippen LogP contribution in [0.4, 0.5) is 0 Å². The van der Waals surface area contributed by atoms with E-state index in [-0.39, 0.29) is 6.10 Å². The van der Waals surface area contributed by atoms with Crippen molar-refractivity contribution in [3.63, 3.8) is 0 Å². The minimum Gasteiger partial charge on any atom is -0.494 e. The summed E-state index contributed by atoms with van der Waals surface area (Å²) < 4.78 is 5.57. The van der Waals surface area contributed by atoms with E-state index in [2.05, 4.69) is 13.8 Å². The lowest BCUT2D eigenvalue weighted by atomic mass is 10.0. The van der Waals surface area contributed by atoms with Gasteiger partial charge >= 0.3 is 0 Å². The molecule has 0 aromatic heterocycles. The van der Waals surface area contributed by atoms with Gasteiger partial charge in [-0.25, -0.2) is 0 Å². The number of hydrogen-bond donors (Lipinski definition) is 1. The van der Waals surface area contributed by atoms with Crippen LogP contribution in [-0.4, -0.2) is 33.7 Å².